The molecule has 186 valence electrons. The standard InChI is InChI=1S/C38H24N2/c39-25-27-19-21-35(33-17-9-7-15-31(33)29-11-3-1-4-12-29)37(23-27)38-24-28(26-40)20-22-36(38)34-18-10-8-16-32(34)30-13-5-2-6-14-30/h1-24H. The molecular weight excluding hydrogens is 484 g/mol. The Morgan fingerprint density at radius 1 is 0.300 bits per heavy atom. The third kappa shape index (κ3) is 4.67. The Labute approximate surface area is 234 Å². The molecule has 0 unspecified atom stereocenters. The van der Waals surface area contributed by atoms with Crippen LogP contribution in [-0.4, -0.2) is 0 Å². The van der Waals surface area contributed by atoms with E-state index in [9.17, 15) is 10.5 Å². The summed E-state index contributed by atoms with van der Waals surface area (Å²) in [5.41, 5.74) is 11.6. The monoisotopic (exact) mass is 508 g/mol. The van der Waals surface area contributed by atoms with Crippen LogP contribution in [0.3, 0.4) is 0 Å². The second-order valence-electron chi connectivity index (χ2n) is 9.57. The molecule has 0 fully saturated rings. The van der Waals surface area contributed by atoms with Crippen LogP contribution in [0.25, 0.3) is 55.6 Å². The van der Waals surface area contributed by atoms with Gasteiger partial charge in [0, 0.05) is 0 Å². The molecule has 2 nitrogen and oxygen atoms in total. The summed E-state index contributed by atoms with van der Waals surface area (Å²) in [6, 6.07) is 53.7. The third-order valence-electron chi connectivity index (χ3n) is 7.19. The van der Waals surface area contributed by atoms with Crippen molar-refractivity contribution in [1.82, 2.24) is 0 Å². The molecule has 0 aliphatic carbocycles. The maximum absolute atomic E-state index is 9.88. The summed E-state index contributed by atoms with van der Waals surface area (Å²) in [5.74, 6) is 0. The lowest BCUT2D eigenvalue weighted by atomic mass is 9.84. The summed E-state index contributed by atoms with van der Waals surface area (Å²) in [6.45, 7) is 0. The van der Waals surface area contributed by atoms with Crippen molar-refractivity contribution in [3.05, 3.63) is 157 Å². The minimum Gasteiger partial charge on any atom is -0.192 e. The highest BCUT2D eigenvalue weighted by molar-refractivity contribution is 5.98. The first-order valence-corrected chi connectivity index (χ1v) is 13.1. The smallest absolute Gasteiger partial charge is 0.0991 e. The van der Waals surface area contributed by atoms with E-state index in [1.54, 1.807) is 0 Å². The van der Waals surface area contributed by atoms with Crippen molar-refractivity contribution < 1.29 is 0 Å². The largest absolute Gasteiger partial charge is 0.192 e. The van der Waals surface area contributed by atoms with Crippen LogP contribution in [0.1, 0.15) is 11.1 Å². The minimum absolute atomic E-state index is 0.570. The molecule has 0 aromatic heterocycles. The first-order chi connectivity index (χ1) is 19.8. The molecule has 0 atom stereocenters. The summed E-state index contributed by atoms with van der Waals surface area (Å²) in [7, 11) is 0. The van der Waals surface area contributed by atoms with Crippen LogP contribution in [0.2, 0.25) is 0 Å². The number of hydrogen-bond donors (Lipinski definition) is 0. The zero-order valence-corrected chi connectivity index (χ0v) is 21.8. The average Bonchev–Trinajstić information content (AvgIpc) is 3.05. The molecule has 0 N–H and O–H groups in total. The molecule has 0 bridgehead atoms. The summed E-state index contributed by atoms with van der Waals surface area (Å²) in [4.78, 5) is 0. The van der Waals surface area contributed by atoms with Crippen molar-refractivity contribution in [1.29, 1.82) is 10.5 Å². The van der Waals surface area contributed by atoms with Crippen LogP contribution >= 0.6 is 0 Å². The van der Waals surface area contributed by atoms with Crippen molar-refractivity contribution in [2.45, 2.75) is 0 Å². The molecule has 0 aliphatic heterocycles. The summed E-state index contributed by atoms with van der Waals surface area (Å²) in [6.07, 6.45) is 0. The maximum atomic E-state index is 9.88. The highest BCUT2D eigenvalue weighted by Crippen LogP contribution is 2.44. The van der Waals surface area contributed by atoms with E-state index >= 15 is 0 Å². The van der Waals surface area contributed by atoms with Gasteiger partial charge < -0.3 is 0 Å². The predicted molar refractivity (Wildman–Crippen MR) is 163 cm³/mol. The van der Waals surface area contributed by atoms with Gasteiger partial charge in [-0.3, -0.25) is 0 Å². The van der Waals surface area contributed by atoms with Crippen LogP contribution < -0.4 is 0 Å². The van der Waals surface area contributed by atoms with Gasteiger partial charge in [-0.2, -0.15) is 10.5 Å². The van der Waals surface area contributed by atoms with E-state index in [1.165, 1.54) is 0 Å². The van der Waals surface area contributed by atoms with Crippen molar-refractivity contribution in [2.24, 2.45) is 0 Å². The van der Waals surface area contributed by atoms with Crippen molar-refractivity contribution in [3.63, 3.8) is 0 Å². The second kappa shape index (κ2) is 11.0. The first-order valence-electron chi connectivity index (χ1n) is 13.1. The van der Waals surface area contributed by atoms with E-state index in [1.807, 2.05) is 97.1 Å². The Morgan fingerprint density at radius 3 is 1.00 bits per heavy atom. The molecule has 40 heavy (non-hydrogen) atoms. The molecule has 0 saturated carbocycles. The molecule has 0 amide bonds. The van der Waals surface area contributed by atoms with Gasteiger partial charge in [-0.25, -0.2) is 0 Å². The highest BCUT2D eigenvalue weighted by atomic mass is 14.3. The Morgan fingerprint density at radius 2 is 0.625 bits per heavy atom. The van der Waals surface area contributed by atoms with E-state index in [0.717, 1.165) is 55.6 Å². The predicted octanol–water partition coefficient (Wildman–Crippen LogP) is 9.76. The number of nitrogens with zero attached hydrogens (tertiary/aromatic N) is 2. The van der Waals surface area contributed by atoms with Crippen LogP contribution in [0.4, 0.5) is 0 Å². The van der Waals surface area contributed by atoms with Crippen molar-refractivity contribution in [3.8, 4) is 67.8 Å². The number of benzene rings is 6. The number of hydrogen-bond acceptors (Lipinski definition) is 2. The van der Waals surface area contributed by atoms with Crippen molar-refractivity contribution >= 4 is 0 Å². The fraction of sp³-hybridized carbons (Fsp3) is 0. The van der Waals surface area contributed by atoms with Gasteiger partial charge in [-0.05, 0) is 79.9 Å². The lowest BCUT2D eigenvalue weighted by molar-refractivity contribution is 1.46. The van der Waals surface area contributed by atoms with Gasteiger partial charge in [0.15, 0.2) is 0 Å². The molecular formula is C38H24N2. The van der Waals surface area contributed by atoms with Gasteiger partial charge >= 0.3 is 0 Å². The van der Waals surface area contributed by atoms with Gasteiger partial charge in [0.1, 0.15) is 0 Å². The van der Waals surface area contributed by atoms with Crippen molar-refractivity contribution in [2.75, 3.05) is 0 Å². The van der Waals surface area contributed by atoms with Gasteiger partial charge in [0.25, 0.3) is 0 Å². The van der Waals surface area contributed by atoms with Gasteiger partial charge in [-0.15, -0.1) is 0 Å². The average molecular weight is 509 g/mol. The third-order valence-corrected chi connectivity index (χ3v) is 7.19. The van der Waals surface area contributed by atoms with Crippen LogP contribution in [0, 0.1) is 22.7 Å². The van der Waals surface area contributed by atoms with E-state index in [0.29, 0.717) is 11.1 Å². The zero-order chi connectivity index (χ0) is 27.3. The highest BCUT2D eigenvalue weighted by Gasteiger charge is 2.18. The maximum Gasteiger partial charge on any atom is 0.0991 e. The fourth-order valence-electron chi connectivity index (χ4n) is 5.32. The minimum atomic E-state index is 0.570. The van der Waals surface area contributed by atoms with Crippen LogP contribution in [-0.2, 0) is 0 Å². The molecule has 0 heterocycles. The Hall–Kier alpha value is -5.70. The number of rotatable bonds is 5. The molecule has 2 heteroatoms. The van der Waals surface area contributed by atoms with E-state index in [2.05, 4.69) is 60.7 Å². The normalized spacial score (nSPS) is 10.4. The second-order valence-corrected chi connectivity index (χ2v) is 9.57. The van der Waals surface area contributed by atoms with E-state index < -0.39 is 0 Å². The van der Waals surface area contributed by atoms with E-state index in [4.69, 9.17) is 0 Å². The number of nitriles is 2. The van der Waals surface area contributed by atoms with Gasteiger partial charge in [0.05, 0.1) is 23.3 Å². The lowest BCUT2D eigenvalue weighted by Crippen LogP contribution is -1.94. The van der Waals surface area contributed by atoms with Gasteiger partial charge in [0.2, 0.25) is 0 Å². The SMILES string of the molecule is N#Cc1ccc(-c2ccccc2-c2ccccc2)c(-c2cc(C#N)ccc2-c2ccccc2-c2ccccc2)c1. The Balaban J connectivity index is 1.65. The molecule has 6 aromatic rings. The van der Waals surface area contributed by atoms with Crippen LogP contribution in [0.5, 0.6) is 0 Å². The summed E-state index contributed by atoms with van der Waals surface area (Å²) < 4.78 is 0. The summed E-state index contributed by atoms with van der Waals surface area (Å²) >= 11 is 0. The fourth-order valence-corrected chi connectivity index (χ4v) is 5.32. The topological polar surface area (TPSA) is 47.6 Å². The summed E-state index contributed by atoms with van der Waals surface area (Å²) in [5, 5.41) is 19.8. The Kier molecular flexibility index (Phi) is 6.75. The van der Waals surface area contributed by atoms with Crippen LogP contribution in [0.15, 0.2) is 146 Å². The van der Waals surface area contributed by atoms with Gasteiger partial charge in [-0.1, -0.05) is 121 Å². The first kappa shape index (κ1) is 24.6. The quantitative estimate of drug-likeness (QED) is 0.233. The Bertz CT molecular complexity index is 1760. The van der Waals surface area contributed by atoms with E-state index in [-0.39, 0.29) is 0 Å². The molecule has 0 radical (unpaired) electrons. The zero-order valence-electron chi connectivity index (χ0n) is 21.8. The molecule has 6 rings (SSSR count). The molecule has 0 aliphatic rings. The molecule has 0 spiro atoms. The molecule has 0 saturated heterocycles. The molecule has 6 aromatic carbocycles. The lowest BCUT2D eigenvalue weighted by Gasteiger charge is -2.19.